The molecule has 0 saturated heterocycles. The first kappa shape index (κ1) is 11.9. The predicted molar refractivity (Wildman–Crippen MR) is 70.3 cm³/mol. The molecule has 0 saturated carbocycles. The molecule has 0 fully saturated rings. The van der Waals surface area contributed by atoms with Gasteiger partial charge < -0.3 is 5.32 Å². The third-order valence-electron chi connectivity index (χ3n) is 2.67. The Morgan fingerprint density at radius 2 is 2.00 bits per heavy atom. The number of nitrogens with one attached hydrogen (secondary N) is 1. The van der Waals surface area contributed by atoms with Gasteiger partial charge in [-0.2, -0.15) is 5.10 Å². The smallest absolute Gasteiger partial charge is 0.0645 e. The summed E-state index contributed by atoms with van der Waals surface area (Å²) in [6.07, 6.45) is 5.08. The van der Waals surface area contributed by atoms with E-state index in [1.165, 1.54) is 17.5 Å². The van der Waals surface area contributed by atoms with Crippen LogP contribution in [0.5, 0.6) is 0 Å². The summed E-state index contributed by atoms with van der Waals surface area (Å²) in [5.41, 5.74) is 3.60. The molecule has 1 heterocycles. The van der Waals surface area contributed by atoms with E-state index in [2.05, 4.69) is 41.6 Å². The van der Waals surface area contributed by atoms with Crippen molar-refractivity contribution in [1.82, 2.24) is 15.1 Å². The van der Waals surface area contributed by atoms with Crippen molar-refractivity contribution in [2.45, 2.75) is 26.8 Å². The molecule has 0 aliphatic carbocycles. The van der Waals surface area contributed by atoms with Crippen LogP contribution in [0.25, 0.3) is 5.69 Å². The Morgan fingerprint density at radius 1 is 1.24 bits per heavy atom. The summed E-state index contributed by atoms with van der Waals surface area (Å²) in [4.78, 5) is 0. The van der Waals surface area contributed by atoms with Gasteiger partial charge in [0.15, 0.2) is 0 Å². The Bertz CT molecular complexity index is 457. The minimum absolute atomic E-state index is 0.937. The first-order valence-electron chi connectivity index (χ1n) is 6.11. The van der Waals surface area contributed by atoms with Gasteiger partial charge in [-0.3, -0.25) is 0 Å². The zero-order valence-corrected chi connectivity index (χ0v) is 10.5. The second kappa shape index (κ2) is 5.64. The third kappa shape index (κ3) is 3.17. The number of aromatic nitrogens is 2. The van der Waals surface area contributed by atoms with Gasteiger partial charge in [-0.15, -0.1) is 0 Å². The number of nitrogens with zero attached hydrogens (tertiary/aromatic N) is 2. The lowest BCUT2D eigenvalue weighted by Crippen LogP contribution is -2.13. The highest BCUT2D eigenvalue weighted by atomic mass is 15.3. The van der Waals surface area contributed by atoms with E-state index < -0.39 is 0 Å². The second-order valence-electron chi connectivity index (χ2n) is 4.31. The van der Waals surface area contributed by atoms with E-state index in [1.54, 1.807) is 0 Å². The summed E-state index contributed by atoms with van der Waals surface area (Å²) < 4.78 is 1.90. The summed E-state index contributed by atoms with van der Waals surface area (Å²) in [6.45, 7) is 6.23. The lowest BCUT2D eigenvalue weighted by atomic mass is 10.2. The molecule has 90 valence electrons. The lowest BCUT2D eigenvalue weighted by molar-refractivity contribution is 0.675. The Kier molecular flexibility index (Phi) is 3.94. The summed E-state index contributed by atoms with van der Waals surface area (Å²) in [5, 5.41) is 7.68. The van der Waals surface area contributed by atoms with Gasteiger partial charge in [0.05, 0.1) is 11.9 Å². The Labute approximate surface area is 102 Å². The Balaban J connectivity index is 2.02. The maximum atomic E-state index is 4.29. The van der Waals surface area contributed by atoms with Crippen molar-refractivity contribution in [3.63, 3.8) is 0 Å². The van der Waals surface area contributed by atoms with Gasteiger partial charge in [0, 0.05) is 12.7 Å². The van der Waals surface area contributed by atoms with Crippen LogP contribution in [-0.2, 0) is 6.54 Å². The topological polar surface area (TPSA) is 29.9 Å². The van der Waals surface area contributed by atoms with Gasteiger partial charge in [0.1, 0.15) is 0 Å². The average molecular weight is 229 g/mol. The summed E-state index contributed by atoms with van der Waals surface area (Å²) in [7, 11) is 0. The fraction of sp³-hybridized carbons (Fsp3) is 0.357. The van der Waals surface area contributed by atoms with Crippen LogP contribution < -0.4 is 5.32 Å². The lowest BCUT2D eigenvalue weighted by Gasteiger charge is -2.05. The largest absolute Gasteiger partial charge is 0.313 e. The van der Waals surface area contributed by atoms with Crippen molar-refractivity contribution in [3.8, 4) is 5.69 Å². The molecule has 0 unspecified atom stereocenters. The Hall–Kier alpha value is -1.61. The number of rotatable bonds is 5. The van der Waals surface area contributed by atoms with Gasteiger partial charge in [-0.05, 0) is 43.1 Å². The van der Waals surface area contributed by atoms with Crippen LogP contribution in [0.3, 0.4) is 0 Å². The number of hydrogen-bond donors (Lipinski definition) is 1. The van der Waals surface area contributed by atoms with Crippen molar-refractivity contribution in [1.29, 1.82) is 0 Å². The highest BCUT2D eigenvalue weighted by Gasteiger charge is 1.98. The molecule has 2 aromatic rings. The minimum Gasteiger partial charge on any atom is -0.313 e. The monoisotopic (exact) mass is 229 g/mol. The van der Waals surface area contributed by atoms with Crippen molar-refractivity contribution in [2.75, 3.05) is 6.54 Å². The maximum Gasteiger partial charge on any atom is 0.0645 e. The van der Waals surface area contributed by atoms with Crippen molar-refractivity contribution < 1.29 is 0 Å². The molecule has 1 aromatic carbocycles. The molecule has 3 nitrogen and oxygen atoms in total. The standard InChI is InChI=1S/C14H19N3/c1-3-8-15-10-13-4-6-14(7-5-13)17-11-12(2)9-16-17/h4-7,9,11,15H,3,8,10H2,1-2H3. The van der Waals surface area contributed by atoms with Crippen LogP contribution in [0.1, 0.15) is 24.5 Å². The van der Waals surface area contributed by atoms with E-state index in [0.717, 1.165) is 18.8 Å². The van der Waals surface area contributed by atoms with E-state index >= 15 is 0 Å². The molecule has 17 heavy (non-hydrogen) atoms. The molecule has 0 atom stereocenters. The molecule has 2 rings (SSSR count). The fourth-order valence-corrected chi connectivity index (χ4v) is 1.73. The maximum absolute atomic E-state index is 4.29. The van der Waals surface area contributed by atoms with Crippen molar-refractivity contribution >= 4 is 0 Å². The highest BCUT2D eigenvalue weighted by Crippen LogP contribution is 2.09. The summed E-state index contributed by atoms with van der Waals surface area (Å²) in [5.74, 6) is 0. The summed E-state index contributed by atoms with van der Waals surface area (Å²) >= 11 is 0. The highest BCUT2D eigenvalue weighted by molar-refractivity contribution is 5.34. The van der Waals surface area contributed by atoms with E-state index in [9.17, 15) is 0 Å². The third-order valence-corrected chi connectivity index (χ3v) is 2.67. The number of aryl methyl sites for hydroxylation is 1. The first-order chi connectivity index (χ1) is 8.29. The van der Waals surface area contributed by atoms with Crippen molar-refractivity contribution in [2.24, 2.45) is 0 Å². The van der Waals surface area contributed by atoms with E-state index in [1.807, 2.05) is 24.0 Å². The van der Waals surface area contributed by atoms with Crippen LogP contribution in [0.15, 0.2) is 36.7 Å². The minimum atomic E-state index is 0.937. The SMILES string of the molecule is CCCNCc1ccc(-n2cc(C)cn2)cc1. The fourth-order valence-electron chi connectivity index (χ4n) is 1.73. The van der Waals surface area contributed by atoms with E-state index in [0.29, 0.717) is 0 Å². The molecular formula is C14H19N3. The predicted octanol–water partition coefficient (Wildman–Crippen LogP) is 2.68. The molecule has 0 aliphatic rings. The van der Waals surface area contributed by atoms with Crippen LogP contribution in [0.4, 0.5) is 0 Å². The van der Waals surface area contributed by atoms with Gasteiger partial charge >= 0.3 is 0 Å². The molecule has 1 N–H and O–H groups in total. The molecule has 3 heteroatoms. The summed E-state index contributed by atoms with van der Waals surface area (Å²) in [6, 6.07) is 8.51. The normalized spacial score (nSPS) is 10.7. The van der Waals surface area contributed by atoms with Crippen LogP contribution in [0, 0.1) is 6.92 Å². The molecule has 1 aromatic heterocycles. The van der Waals surface area contributed by atoms with E-state index in [-0.39, 0.29) is 0 Å². The molecule has 0 aliphatic heterocycles. The zero-order valence-electron chi connectivity index (χ0n) is 10.5. The van der Waals surface area contributed by atoms with E-state index in [4.69, 9.17) is 0 Å². The molecular weight excluding hydrogens is 210 g/mol. The molecule has 0 radical (unpaired) electrons. The first-order valence-corrected chi connectivity index (χ1v) is 6.11. The van der Waals surface area contributed by atoms with Gasteiger partial charge in [-0.25, -0.2) is 4.68 Å². The van der Waals surface area contributed by atoms with Gasteiger partial charge in [0.25, 0.3) is 0 Å². The zero-order chi connectivity index (χ0) is 12.1. The molecule has 0 amide bonds. The molecule has 0 spiro atoms. The van der Waals surface area contributed by atoms with Crippen LogP contribution in [0.2, 0.25) is 0 Å². The van der Waals surface area contributed by atoms with Crippen LogP contribution >= 0.6 is 0 Å². The van der Waals surface area contributed by atoms with Crippen molar-refractivity contribution in [3.05, 3.63) is 47.8 Å². The van der Waals surface area contributed by atoms with Gasteiger partial charge in [-0.1, -0.05) is 19.1 Å². The van der Waals surface area contributed by atoms with Crippen LogP contribution in [-0.4, -0.2) is 16.3 Å². The number of hydrogen-bond acceptors (Lipinski definition) is 2. The average Bonchev–Trinajstić information content (AvgIpc) is 2.77. The number of benzene rings is 1. The van der Waals surface area contributed by atoms with Gasteiger partial charge in [0.2, 0.25) is 0 Å². The second-order valence-corrected chi connectivity index (χ2v) is 4.31. The quantitative estimate of drug-likeness (QED) is 0.799. The molecule has 0 bridgehead atoms. The Morgan fingerprint density at radius 3 is 2.59 bits per heavy atom.